The van der Waals surface area contributed by atoms with Crippen LogP contribution in [0.3, 0.4) is 0 Å². The number of benzene rings is 4. The van der Waals surface area contributed by atoms with Crippen LogP contribution in [0.4, 0.5) is 17.3 Å². The molecule has 0 saturated heterocycles. The van der Waals surface area contributed by atoms with E-state index in [-0.39, 0.29) is 33.9 Å². The number of ketones is 2. The molecule has 0 amide bonds. The largest absolute Gasteiger partial charge is 0.994 e. The molecule has 0 aromatic heterocycles. The minimum absolute atomic E-state index is 0.0488. The summed E-state index contributed by atoms with van der Waals surface area (Å²) < 4.78 is 80.2. The fourth-order valence-electron chi connectivity index (χ4n) is 6.44. The second kappa shape index (κ2) is 10.9. The molecule has 0 aliphatic carbocycles. The van der Waals surface area contributed by atoms with Gasteiger partial charge in [0.25, 0.3) is 11.6 Å². The zero-order valence-corrected chi connectivity index (χ0v) is 27.7. The van der Waals surface area contributed by atoms with Gasteiger partial charge in [0, 0.05) is 12.8 Å². The first-order chi connectivity index (χ1) is 21.4. The summed E-state index contributed by atoms with van der Waals surface area (Å²) in [7, 11) is -9.14. The van der Waals surface area contributed by atoms with E-state index in [2.05, 4.69) is 53.7 Å². The summed E-state index contributed by atoms with van der Waals surface area (Å²) in [5.74, 6) is 0.455. The smallest absolute Gasteiger partial charge is 0.572 e. The molecular weight excluding hydrogens is 594 g/mol. The predicted octanol–water partition coefficient (Wildman–Crippen LogP) is 10.8. The molecule has 4 nitrogen and oxygen atoms in total. The zero-order valence-electron chi connectivity index (χ0n) is 27.7. The molecule has 46 heavy (non-hydrogen) atoms. The first kappa shape index (κ1) is 32.1. The Labute approximate surface area is 267 Å². The zero-order chi connectivity index (χ0) is 33.4. The number of hydrogen-bond donors (Lipinski definition) is 0. The van der Waals surface area contributed by atoms with Gasteiger partial charge in [0.1, 0.15) is 0 Å². The molecule has 4 aromatic carbocycles. The molecule has 0 fully saturated rings. The van der Waals surface area contributed by atoms with E-state index in [1.54, 1.807) is 12.2 Å². The quantitative estimate of drug-likeness (QED) is 0.0917. The highest BCUT2D eigenvalue weighted by atomic mass is 19.3. The van der Waals surface area contributed by atoms with Gasteiger partial charge in [0.15, 0.2) is 0 Å². The normalized spacial score (nSPS) is 18.3. The number of rotatable bonds is 6. The number of halogens is 4. The van der Waals surface area contributed by atoms with Crippen molar-refractivity contribution in [3.05, 3.63) is 82.3 Å². The van der Waals surface area contributed by atoms with E-state index in [1.165, 1.54) is 0 Å². The maximum absolute atomic E-state index is 14.9. The Hall–Kier alpha value is -3.81. The SMILES string of the molecule is CCCC1=CC(c2cc3cc(C(C)(C)C)cc4c(C5=[O+][B-](F)(F)OC(CCC)=C5)cc5cc(C(C)(C)C)cc2c5c34)=[O+][B-](F)(F)O1. The third kappa shape index (κ3) is 5.91. The molecule has 0 saturated carbocycles. The Balaban J connectivity index is 1.78. The lowest BCUT2D eigenvalue weighted by atomic mass is 9.78. The third-order valence-corrected chi connectivity index (χ3v) is 8.71. The minimum atomic E-state index is -4.57. The summed E-state index contributed by atoms with van der Waals surface area (Å²) in [5, 5.41) is 4.72. The van der Waals surface area contributed by atoms with Crippen LogP contribution in [-0.4, -0.2) is 25.8 Å². The van der Waals surface area contributed by atoms with Gasteiger partial charge in [0.05, 0.1) is 34.8 Å². The van der Waals surface area contributed by atoms with E-state index in [9.17, 15) is 17.3 Å². The molecule has 2 aliphatic heterocycles. The Morgan fingerprint density at radius 3 is 1.28 bits per heavy atom. The van der Waals surface area contributed by atoms with Crippen LogP contribution >= 0.6 is 0 Å². The van der Waals surface area contributed by atoms with Crippen LogP contribution < -0.4 is 0 Å². The predicted molar refractivity (Wildman–Crippen MR) is 180 cm³/mol. The molecule has 2 aliphatic rings. The Bertz CT molecular complexity index is 1850. The molecule has 0 spiro atoms. The van der Waals surface area contributed by atoms with E-state index in [0.717, 1.165) is 43.4 Å². The van der Waals surface area contributed by atoms with Gasteiger partial charge in [0.2, 0.25) is 0 Å². The molecule has 0 bridgehead atoms. The van der Waals surface area contributed by atoms with E-state index in [1.807, 2.05) is 38.1 Å². The fourth-order valence-corrected chi connectivity index (χ4v) is 6.44. The molecule has 4 aromatic rings. The molecule has 6 rings (SSSR count). The van der Waals surface area contributed by atoms with Crippen molar-refractivity contribution >= 4 is 58.1 Å². The van der Waals surface area contributed by atoms with E-state index in [4.69, 9.17) is 18.0 Å². The summed E-state index contributed by atoms with van der Waals surface area (Å²) in [5.41, 5.74) is 2.34. The van der Waals surface area contributed by atoms with Crippen LogP contribution in [0.15, 0.2) is 60.1 Å². The van der Waals surface area contributed by atoms with Gasteiger partial charge in [-0.3, -0.25) is 0 Å². The molecule has 2 heterocycles. The summed E-state index contributed by atoms with van der Waals surface area (Å²) in [6.07, 6.45) is 5.11. The molecular formula is C36H40B2F4O4. The molecule has 0 unspecified atom stereocenters. The summed E-state index contributed by atoms with van der Waals surface area (Å²) in [4.78, 5) is 0. The van der Waals surface area contributed by atoms with Crippen molar-refractivity contribution in [3.8, 4) is 0 Å². The summed E-state index contributed by atoms with van der Waals surface area (Å²) >= 11 is 0. The van der Waals surface area contributed by atoms with Crippen LogP contribution in [0.1, 0.15) is 112 Å². The van der Waals surface area contributed by atoms with Gasteiger partial charge >= 0.3 is 14.2 Å². The van der Waals surface area contributed by atoms with Gasteiger partial charge in [-0.1, -0.05) is 67.5 Å². The summed E-state index contributed by atoms with van der Waals surface area (Å²) in [6, 6.07) is 11.9. The van der Waals surface area contributed by atoms with E-state index < -0.39 is 14.2 Å². The van der Waals surface area contributed by atoms with Crippen LogP contribution in [0.5, 0.6) is 0 Å². The lowest BCUT2D eigenvalue weighted by Gasteiger charge is -2.26. The van der Waals surface area contributed by atoms with Gasteiger partial charge in [-0.05, 0) is 91.4 Å². The maximum Gasteiger partial charge on any atom is 0.994 e. The number of allylic oxidation sites excluding steroid dienone is 4. The fraction of sp³-hybridized carbons (Fsp3) is 0.389. The number of hydrogen-bond acceptors (Lipinski definition) is 2. The first-order valence-electron chi connectivity index (χ1n) is 16.1. The van der Waals surface area contributed by atoms with Crippen molar-refractivity contribution in [2.75, 3.05) is 0 Å². The average molecular weight is 634 g/mol. The Morgan fingerprint density at radius 1 is 0.587 bits per heavy atom. The van der Waals surface area contributed by atoms with Crippen LogP contribution in [0, 0.1) is 0 Å². The molecule has 0 N–H and O–H groups in total. The van der Waals surface area contributed by atoms with Crippen molar-refractivity contribution in [1.29, 1.82) is 0 Å². The van der Waals surface area contributed by atoms with Crippen LogP contribution in [0.2, 0.25) is 0 Å². The Kier molecular flexibility index (Phi) is 7.60. The lowest BCUT2D eigenvalue weighted by Crippen LogP contribution is -2.31. The van der Waals surface area contributed by atoms with Crippen LogP contribution in [0.25, 0.3) is 32.3 Å². The van der Waals surface area contributed by atoms with Gasteiger partial charge < -0.3 is 35.3 Å². The molecule has 10 heteroatoms. The highest BCUT2D eigenvalue weighted by molar-refractivity contribution is 6.52. The second-order valence-electron chi connectivity index (χ2n) is 14.6. The van der Waals surface area contributed by atoms with E-state index >= 15 is 0 Å². The second-order valence-corrected chi connectivity index (χ2v) is 14.6. The first-order valence-corrected chi connectivity index (χ1v) is 16.1. The van der Waals surface area contributed by atoms with Crippen molar-refractivity contribution in [2.24, 2.45) is 0 Å². The van der Waals surface area contributed by atoms with Gasteiger partial charge in [-0.15, -0.1) is 0 Å². The topological polar surface area (TPSA) is 41.1 Å². The summed E-state index contributed by atoms with van der Waals surface area (Å²) in [6.45, 7) is 16.2. The minimum Gasteiger partial charge on any atom is -0.572 e. The molecule has 0 radical (unpaired) electrons. The standard InChI is InChI=1S/C36H40B2F4O4/c1-9-11-25-19-31(45-37(39,40)43-25)27-15-21-13-24(36(6,7)8)18-30-28(32-20-26(12-10-2)44-38(41,42)46-32)16-22-14-23(35(3,4)5)17-29(27)33(22)34(21)30/h13-20H,9-12H2,1-8H3. The van der Waals surface area contributed by atoms with Crippen LogP contribution in [-0.2, 0) is 20.1 Å². The van der Waals surface area contributed by atoms with Crippen molar-refractivity contribution < 1.29 is 35.3 Å². The highest BCUT2D eigenvalue weighted by Gasteiger charge is 2.54. The van der Waals surface area contributed by atoms with E-state index in [0.29, 0.717) is 36.8 Å². The third-order valence-electron chi connectivity index (χ3n) is 8.71. The average Bonchev–Trinajstić information content (AvgIpc) is 2.92. The van der Waals surface area contributed by atoms with Gasteiger partial charge in [-0.2, -0.15) is 0 Å². The Morgan fingerprint density at radius 2 is 0.957 bits per heavy atom. The van der Waals surface area contributed by atoms with Crippen molar-refractivity contribution in [2.45, 2.75) is 91.9 Å². The number of carbonyl (C=O) groups excluding carboxylic acids is 2. The van der Waals surface area contributed by atoms with Crippen molar-refractivity contribution in [1.82, 2.24) is 0 Å². The monoisotopic (exact) mass is 634 g/mol. The molecule has 242 valence electrons. The molecule has 0 atom stereocenters. The van der Waals surface area contributed by atoms with Gasteiger partial charge in [-0.25, -0.2) is 0 Å². The van der Waals surface area contributed by atoms with Crippen molar-refractivity contribution in [3.63, 3.8) is 0 Å². The maximum atomic E-state index is 14.9. The highest BCUT2D eigenvalue weighted by Crippen LogP contribution is 2.44. The lowest BCUT2D eigenvalue weighted by molar-refractivity contribution is -0.190.